The van der Waals surface area contributed by atoms with Gasteiger partial charge in [-0.25, -0.2) is 0 Å². The predicted molar refractivity (Wildman–Crippen MR) is 144 cm³/mol. The molecule has 1 radical (unpaired) electrons. The predicted octanol–water partition coefficient (Wildman–Crippen LogP) is 8.33. The number of benzene rings is 2. The Kier molecular flexibility index (Phi) is 10.2. The first-order chi connectivity index (χ1) is 15.5. The first kappa shape index (κ1) is 30.7. The van der Waals surface area contributed by atoms with Crippen LogP contribution in [0, 0.1) is 51.5 Å². The number of aromatic nitrogens is 1. The van der Waals surface area contributed by atoms with E-state index < -0.39 is 5.41 Å². The van der Waals surface area contributed by atoms with Crippen LogP contribution >= 0.6 is 0 Å². The topological polar surface area (TPSA) is 50.2 Å². The molecule has 0 amide bonds. The third kappa shape index (κ3) is 8.12. The first-order valence-corrected chi connectivity index (χ1v) is 11.8. The van der Waals surface area contributed by atoms with E-state index in [-0.39, 0.29) is 37.1 Å². The number of aryl methyl sites for hydroxylation is 5. The molecule has 191 valence electrons. The minimum Gasteiger partial charge on any atom is -0.512 e. The van der Waals surface area contributed by atoms with Gasteiger partial charge in [0.2, 0.25) is 0 Å². The number of allylic oxidation sites excluding steroid dienone is 2. The number of aliphatic hydroxyl groups excluding tert-OH is 1. The fourth-order valence-corrected chi connectivity index (χ4v) is 3.33. The summed E-state index contributed by atoms with van der Waals surface area (Å²) in [7, 11) is 0. The van der Waals surface area contributed by atoms with Crippen molar-refractivity contribution in [3.8, 4) is 11.3 Å². The number of rotatable bonds is 2. The van der Waals surface area contributed by atoms with Gasteiger partial charge in [0.25, 0.3) is 0 Å². The monoisotopic (exact) mass is 651 g/mol. The molecule has 0 aliphatic carbocycles. The van der Waals surface area contributed by atoms with Crippen LogP contribution in [0.1, 0.15) is 69.4 Å². The molecule has 3 rings (SSSR count). The van der Waals surface area contributed by atoms with E-state index in [0.717, 1.165) is 16.8 Å². The first-order valence-electron chi connectivity index (χ1n) is 11.8. The Morgan fingerprint density at radius 1 is 0.857 bits per heavy atom. The summed E-state index contributed by atoms with van der Waals surface area (Å²) in [6, 6.07) is 14.4. The van der Waals surface area contributed by atoms with Crippen LogP contribution < -0.4 is 0 Å². The van der Waals surface area contributed by atoms with Crippen molar-refractivity contribution < 1.29 is 30.0 Å². The van der Waals surface area contributed by atoms with Crippen molar-refractivity contribution >= 4 is 16.7 Å². The second kappa shape index (κ2) is 11.6. The van der Waals surface area contributed by atoms with E-state index in [1.807, 2.05) is 41.5 Å². The molecule has 35 heavy (non-hydrogen) atoms. The maximum Gasteiger partial charge on any atom is 0.164 e. The second-order valence-electron chi connectivity index (χ2n) is 11.4. The van der Waals surface area contributed by atoms with E-state index in [1.165, 1.54) is 39.3 Å². The van der Waals surface area contributed by atoms with Crippen molar-refractivity contribution in [1.29, 1.82) is 0 Å². The fourth-order valence-electron chi connectivity index (χ4n) is 3.33. The second-order valence-corrected chi connectivity index (χ2v) is 11.4. The van der Waals surface area contributed by atoms with Crippen molar-refractivity contribution in [1.82, 2.24) is 4.98 Å². The molecular formula is C31H40IrNO2-. The van der Waals surface area contributed by atoms with Gasteiger partial charge in [-0.15, -0.1) is 34.4 Å². The van der Waals surface area contributed by atoms with Crippen LogP contribution in [0.4, 0.5) is 0 Å². The van der Waals surface area contributed by atoms with Gasteiger partial charge in [-0.2, -0.15) is 0 Å². The normalized spacial score (nSPS) is 12.0. The number of carbonyl (C=O) groups is 1. The number of nitrogens with zero attached hydrogens (tertiary/aromatic N) is 1. The summed E-state index contributed by atoms with van der Waals surface area (Å²) in [4.78, 5) is 16.4. The summed E-state index contributed by atoms with van der Waals surface area (Å²) in [6.07, 6.45) is 1.33. The molecule has 3 nitrogen and oxygen atoms in total. The van der Waals surface area contributed by atoms with E-state index in [1.54, 1.807) is 0 Å². The van der Waals surface area contributed by atoms with E-state index in [9.17, 15) is 9.90 Å². The molecule has 3 aromatic rings. The van der Waals surface area contributed by atoms with Gasteiger partial charge < -0.3 is 5.11 Å². The maximum absolute atomic E-state index is 11.5. The zero-order valence-corrected chi connectivity index (χ0v) is 25.5. The van der Waals surface area contributed by atoms with Gasteiger partial charge >= 0.3 is 0 Å². The van der Waals surface area contributed by atoms with Gasteiger partial charge in [-0.1, -0.05) is 86.1 Å². The maximum atomic E-state index is 11.5. The van der Waals surface area contributed by atoms with Crippen LogP contribution in [0.25, 0.3) is 22.2 Å². The zero-order valence-electron chi connectivity index (χ0n) is 23.1. The molecule has 0 aliphatic heterocycles. The van der Waals surface area contributed by atoms with Crippen molar-refractivity contribution in [2.75, 3.05) is 0 Å². The molecular weight excluding hydrogens is 611 g/mol. The number of fused-ring (bicyclic) bond motifs is 1. The minimum atomic E-state index is -0.417. The molecule has 0 bridgehead atoms. The number of hydrogen-bond donors (Lipinski definition) is 1. The molecule has 4 heteroatoms. The Labute approximate surface area is 225 Å². The van der Waals surface area contributed by atoms with Gasteiger partial charge in [0, 0.05) is 37.0 Å². The van der Waals surface area contributed by atoms with Crippen molar-refractivity contribution in [3.63, 3.8) is 0 Å². The molecule has 1 heterocycles. The van der Waals surface area contributed by atoms with E-state index >= 15 is 0 Å². The van der Waals surface area contributed by atoms with E-state index in [2.05, 4.69) is 71.0 Å². The SMILES string of the molecule is CC(C)(C)C(=O)/C=C(\O)C(C)(C)C.Cc1ccc2cc(C)c(-c3[c-]c(C)c(C)cc3C)nc2c1.[Ir]. The number of ketones is 1. The molecule has 1 N–H and O–H groups in total. The molecule has 0 saturated carbocycles. The number of hydrogen-bond acceptors (Lipinski definition) is 3. The zero-order chi connectivity index (χ0) is 26.0. The Balaban J connectivity index is 0.000000383. The van der Waals surface area contributed by atoms with E-state index in [0.29, 0.717) is 0 Å². The van der Waals surface area contributed by atoms with Gasteiger partial charge in [-0.3, -0.25) is 9.78 Å². The van der Waals surface area contributed by atoms with Crippen LogP contribution in [-0.4, -0.2) is 15.9 Å². The summed E-state index contributed by atoms with van der Waals surface area (Å²) < 4.78 is 0. The molecule has 0 spiro atoms. The largest absolute Gasteiger partial charge is 0.512 e. The summed E-state index contributed by atoms with van der Waals surface area (Å²) in [5, 5.41) is 10.8. The molecule has 0 aliphatic rings. The molecule has 0 fully saturated rings. The third-order valence-corrected chi connectivity index (χ3v) is 5.91. The molecule has 2 aromatic carbocycles. The number of carbonyl (C=O) groups excluding carboxylic acids is 1. The molecule has 1 aromatic heterocycles. The van der Waals surface area contributed by atoms with Crippen LogP contribution in [-0.2, 0) is 24.9 Å². The van der Waals surface area contributed by atoms with E-state index in [4.69, 9.17) is 4.98 Å². The van der Waals surface area contributed by atoms with Crippen molar-refractivity contribution in [2.24, 2.45) is 10.8 Å². The van der Waals surface area contributed by atoms with Crippen LogP contribution in [0.3, 0.4) is 0 Å². The molecule has 0 saturated heterocycles. The number of aliphatic hydroxyl groups is 1. The quantitative estimate of drug-likeness (QED) is 0.172. The fraction of sp³-hybridized carbons (Fsp3) is 0.419. The average Bonchev–Trinajstić information content (AvgIpc) is 2.69. The Morgan fingerprint density at radius 3 is 2.00 bits per heavy atom. The van der Waals surface area contributed by atoms with Gasteiger partial charge in [0.15, 0.2) is 5.78 Å². The minimum absolute atomic E-state index is 0. The summed E-state index contributed by atoms with van der Waals surface area (Å²) >= 11 is 0. The Morgan fingerprint density at radius 2 is 1.46 bits per heavy atom. The average molecular weight is 651 g/mol. The number of pyridine rings is 1. The standard InChI is InChI=1S/C20H20N.C11H20O2.Ir/c1-12-6-7-17-10-16(5)20(21-19(17)8-12)18-11-14(3)13(2)9-15(18)4;1-10(2,3)8(12)7-9(13)11(4,5)6;/h6-10H,1-5H3;7,12H,1-6H3;/q-1;;/b;8-7-;. The van der Waals surface area contributed by atoms with Crippen LogP contribution in [0.15, 0.2) is 42.2 Å². The summed E-state index contributed by atoms with van der Waals surface area (Å²) in [5.41, 5.74) is 8.63. The van der Waals surface area contributed by atoms with Gasteiger partial charge in [-0.05, 0) is 36.6 Å². The summed E-state index contributed by atoms with van der Waals surface area (Å²) in [6.45, 7) is 21.7. The molecule has 0 unspecified atom stereocenters. The summed E-state index contributed by atoms with van der Waals surface area (Å²) in [5.74, 6) is 0.104. The van der Waals surface area contributed by atoms with Crippen molar-refractivity contribution in [2.45, 2.75) is 76.2 Å². The van der Waals surface area contributed by atoms with Gasteiger partial charge in [0.1, 0.15) is 5.76 Å². The smallest absolute Gasteiger partial charge is 0.164 e. The molecule has 0 atom stereocenters. The Bertz CT molecular complexity index is 1240. The van der Waals surface area contributed by atoms with Crippen LogP contribution in [0.5, 0.6) is 0 Å². The third-order valence-electron chi connectivity index (χ3n) is 5.91. The Hall–Kier alpha value is -2.29. The van der Waals surface area contributed by atoms with Crippen LogP contribution in [0.2, 0.25) is 0 Å². The van der Waals surface area contributed by atoms with Gasteiger partial charge in [0.05, 0.1) is 5.52 Å². The van der Waals surface area contributed by atoms with Crippen molar-refractivity contribution in [3.05, 3.63) is 76.1 Å².